The highest BCUT2D eigenvalue weighted by atomic mass is 79.9. The zero-order valence-corrected chi connectivity index (χ0v) is 7.51. The molecule has 2 atom stereocenters. The first-order chi connectivity index (χ1) is 5.27. The molecule has 2 rings (SSSR count). The molecular weight excluding hydrogens is 207 g/mol. The van der Waals surface area contributed by atoms with E-state index in [0.717, 1.165) is 12.0 Å². The highest BCUT2D eigenvalue weighted by Crippen LogP contribution is 2.46. The molecule has 0 unspecified atom stereocenters. The standard InChI is InChI=1S/C9H8BrF/c10-9-5-8(9)6-2-1-3-7(11)4-6/h1-4,8-9H,5H2/t8-,9-/m1/s1. The molecule has 1 aliphatic rings. The Morgan fingerprint density at radius 2 is 2.18 bits per heavy atom. The SMILES string of the molecule is Fc1cccc([C@H]2C[C@H]2Br)c1. The van der Waals surface area contributed by atoms with Crippen molar-refractivity contribution in [1.82, 2.24) is 0 Å². The molecule has 0 bridgehead atoms. The first-order valence-electron chi connectivity index (χ1n) is 3.67. The molecule has 0 nitrogen and oxygen atoms in total. The number of rotatable bonds is 1. The van der Waals surface area contributed by atoms with Crippen LogP contribution in [0.5, 0.6) is 0 Å². The van der Waals surface area contributed by atoms with Gasteiger partial charge in [0.05, 0.1) is 0 Å². The molecule has 0 saturated heterocycles. The maximum atomic E-state index is 12.7. The van der Waals surface area contributed by atoms with Crippen molar-refractivity contribution in [2.24, 2.45) is 0 Å². The molecular formula is C9H8BrF. The van der Waals surface area contributed by atoms with Gasteiger partial charge >= 0.3 is 0 Å². The number of alkyl halides is 1. The van der Waals surface area contributed by atoms with Crippen LogP contribution in [0.4, 0.5) is 4.39 Å². The van der Waals surface area contributed by atoms with E-state index in [4.69, 9.17) is 0 Å². The van der Waals surface area contributed by atoms with E-state index < -0.39 is 0 Å². The van der Waals surface area contributed by atoms with Crippen molar-refractivity contribution in [3.63, 3.8) is 0 Å². The second kappa shape index (κ2) is 2.59. The molecule has 1 saturated carbocycles. The Labute approximate surface area is 73.6 Å². The Bertz CT molecular complexity index is 272. The summed E-state index contributed by atoms with van der Waals surface area (Å²) in [5.41, 5.74) is 1.12. The summed E-state index contributed by atoms with van der Waals surface area (Å²) >= 11 is 3.49. The Hall–Kier alpha value is -0.370. The molecule has 11 heavy (non-hydrogen) atoms. The fourth-order valence-electron chi connectivity index (χ4n) is 1.25. The van der Waals surface area contributed by atoms with Crippen LogP contribution < -0.4 is 0 Å². The van der Waals surface area contributed by atoms with Crippen molar-refractivity contribution in [1.29, 1.82) is 0 Å². The summed E-state index contributed by atoms with van der Waals surface area (Å²) in [5, 5.41) is 0. The Kier molecular flexibility index (Phi) is 1.72. The zero-order valence-electron chi connectivity index (χ0n) is 5.93. The summed E-state index contributed by atoms with van der Waals surface area (Å²) in [7, 11) is 0. The summed E-state index contributed by atoms with van der Waals surface area (Å²) < 4.78 is 12.7. The van der Waals surface area contributed by atoms with Gasteiger partial charge in [0.25, 0.3) is 0 Å². The van der Waals surface area contributed by atoms with E-state index >= 15 is 0 Å². The smallest absolute Gasteiger partial charge is 0.123 e. The van der Waals surface area contributed by atoms with Gasteiger partial charge in [-0.15, -0.1) is 0 Å². The van der Waals surface area contributed by atoms with E-state index in [1.807, 2.05) is 6.07 Å². The lowest BCUT2D eigenvalue weighted by atomic mass is 10.1. The van der Waals surface area contributed by atoms with Gasteiger partial charge in [0.15, 0.2) is 0 Å². The molecule has 0 aromatic heterocycles. The van der Waals surface area contributed by atoms with Crippen molar-refractivity contribution < 1.29 is 4.39 Å². The third-order valence-electron chi connectivity index (χ3n) is 1.99. The van der Waals surface area contributed by atoms with E-state index in [9.17, 15) is 4.39 Å². The maximum Gasteiger partial charge on any atom is 0.123 e. The summed E-state index contributed by atoms with van der Waals surface area (Å²) in [4.78, 5) is 0.573. The van der Waals surface area contributed by atoms with Crippen LogP contribution in [-0.2, 0) is 0 Å². The minimum absolute atomic E-state index is 0.130. The van der Waals surface area contributed by atoms with E-state index in [1.165, 1.54) is 6.07 Å². The highest BCUT2D eigenvalue weighted by molar-refractivity contribution is 9.09. The molecule has 0 spiro atoms. The number of halogens is 2. The van der Waals surface area contributed by atoms with E-state index in [1.54, 1.807) is 12.1 Å². The van der Waals surface area contributed by atoms with Gasteiger partial charge in [-0.2, -0.15) is 0 Å². The average molecular weight is 215 g/mol. The van der Waals surface area contributed by atoms with Crippen molar-refractivity contribution in [3.05, 3.63) is 35.6 Å². The minimum Gasteiger partial charge on any atom is -0.207 e. The normalized spacial score (nSPS) is 28.5. The number of hydrogen-bond donors (Lipinski definition) is 0. The molecule has 0 aliphatic heterocycles. The third-order valence-corrected chi connectivity index (χ3v) is 3.00. The lowest BCUT2D eigenvalue weighted by Gasteiger charge is -1.96. The number of benzene rings is 1. The minimum atomic E-state index is -0.130. The fraction of sp³-hybridized carbons (Fsp3) is 0.333. The topological polar surface area (TPSA) is 0 Å². The van der Waals surface area contributed by atoms with Crippen LogP contribution in [-0.4, -0.2) is 4.83 Å². The van der Waals surface area contributed by atoms with E-state index in [2.05, 4.69) is 15.9 Å². The van der Waals surface area contributed by atoms with Gasteiger partial charge in [0, 0.05) is 4.83 Å². The van der Waals surface area contributed by atoms with Crippen LogP contribution in [0, 0.1) is 5.82 Å². The van der Waals surface area contributed by atoms with Gasteiger partial charge in [-0.05, 0) is 30.0 Å². The second-order valence-corrected chi connectivity index (χ2v) is 4.09. The lowest BCUT2D eigenvalue weighted by molar-refractivity contribution is 0.625. The molecule has 0 radical (unpaired) electrons. The van der Waals surface area contributed by atoms with Gasteiger partial charge < -0.3 is 0 Å². The molecule has 1 aliphatic carbocycles. The summed E-state index contributed by atoms with van der Waals surface area (Å²) in [5.74, 6) is 0.416. The molecule has 1 aromatic carbocycles. The van der Waals surface area contributed by atoms with Crippen molar-refractivity contribution >= 4 is 15.9 Å². The largest absolute Gasteiger partial charge is 0.207 e. The first kappa shape index (κ1) is 7.29. The van der Waals surface area contributed by atoms with Crippen molar-refractivity contribution in [2.45, 2.75) is 17.2 Å². The number of hydrogen-bond acceptors (Lipinski definition) is 0. The summed E-state index contributed by atoms with van der Waals surface area (Å²) in [6, 6.07) is 6.85. The maximum absolute atomic E-state index is 12.7. The summed E-state index contributed by atoms with van der Waals surface area (Å²) in [6.45, 7) is 0. The Balaban J connectivity index is 2.25. The fourth-order valence-corrected chi connectivity index (χ4v) is 1.95. The summed E-state index contributed by atoms with van der Waals surface area (Å²) in [6.07, 6.45) is 1.14. The van der Waals surface area contributed by atoms with Crippen molar-refractivity contribution in [3.8, 4) is 0 Å². The van der Waals surface area contributed by atoms with Gasteiger partial charge in [-0.3, -0.25) is 0 Å². The molecule has 1 fully saturated rings. The van der Waals surface area contributed by atoms with Crippen LogP contribution in [0.15, 0.2) is 24.3 Å². The molecule has 0 amide bonds. The van der Waals surface area contributed by atoms with Crippen LogP contribution >= 0.6 is 15.9 Å². The van der Waals surface area contributed by atoms with Gasteiger partial charge in [-0.25, -0.2) is 4.39 Å². The quantitative estimate of drug-likeness (QED) is 0.631. The van der Waals surface area contributed by atoms with Crippen molar-refractivity contribution in [2.75, 3.05) is 0 Å². The van der Waals surface area contributed by atoms with Crippen LogP contribution in [0.25, 0.3) is 0 Å². The predicted molar refractivity (Wildman–Crippen MR) is 46.5 cm³/mol. The molecule has 1 aromatic rings. The Morgan fingerprint density at radius 3 is 2.73 bits per heavy atom. The Morgan fingerprint density at radius 1 is 1.45 bits per heavy atom. The molecule has 0 N–H and O–H groups in total. The first-order valence-corrected chi connectivity index (χ1v) is 4.58. The molecule has 58 valence electrons. The van der Waals surface area contributed by atoms with Gasteiger partial charge in [0.2, 0.25) is 0 Å². The zero-order chi connectivity index (χ0) is 7.84. The van der Waals surface area contributed by atoms with E-state index in [-0.39, 0.29) is 5.82 Å². The van der Waals surface area contributed by atoms with Crippen LogP contribution in [0.2, 0.25) is 0 Å². The van der Waals surface area contributed by atoms with Crippen LogP contribution in [0.1, 0.15) is 17.9 Å². The monoisotopic (exact) mass is 214 g/mol. The second-order valence-electron chi connectivity index (χ2n) is 2.91. The average Bonchev–Trinajstić information content (AvgIpc) is 2.67. The van der Waals surface area contributed by atoms with E-state index in [0.29, 0.717) is 10.7 Å². The molecule has 2 heteroatoms. The lowest BCUT2D eigenvalue weighted by Crippen LogP contribution is -1.82. The third kappa shape index (κ3) is 1.45. The molecule has 0 heterocycles. The highest BCUT2D eigenvalue weighted by Gasteiger charge is 2.35. The van der Waals surface area contributed by atoms with Gasteiger partial charge in [-0.1, -0.05) is 28.1 Å². The predicted octanol–water partition coefficient (Wildman–Crippen LogP) is 3.08. The van der Waals surface area contributed by atoms with Crippen LogP contribution in [0.3, 0.4) is 0 Å². The van der Waals surface area contributed by atoms with Gasteiger partial charge in [0.1, 0.15) is 5.82 Å².